The van der Waals surface area contributed by atoms with Gasteiger partial charge >= 0.3 is 11.9 Å². The van der Waals surface area contributed by atoms with Gasteiger partial charge in [-0.3, -0.25) is 4.90 Å². The van der Waals surface area contributed by atoms with Crippen molar-refractivity contribution in [1.29, 1.82) is 0 Å². The fourth-order valence-electron chi connectivity index (χ4n) is 3.60. The summed E-state index contributed by atoms with van der Waals surface area (Å²) >= 11 is 1.58. The molecule has 3 aromatic rings. The number of benzene rings is 1. The van der Waals surface area contributed by atoms with Gasteiger partial charge in [-0.05, 0) is 37.6 Å². The highest BCUT2D eigenvalue weighted by atomic mass is 32.1. The van der Waals surface area contributed by atoms with Gasteiger partial charge in [0.15, 0.2) is 0 Å². The number of fused-ring (bicyclic) bond motifs is 1. The van der Waals surface area contributed by atoms with Gasteiger partial charge in [0, 0.05) is 18.0 Å². The number of hydrogen-bond acceptors (Lipinski definition) is 10. The summed E-state index contributed by atoms with van der Waals surface area (Å²) in [5.74, 6) is 0.114. The molecule has 0 bridgehead atoms. The first-order chi connectivity index (χ1) is 15.9. The Bertz CT molecular complexity index is 1170. The highest BCUT2D eigenvalue weighted by Gasteiger charge is 2.21. The molecule has 0 atom stereocenters. The lowest BCUT2D eigenvalue weighted by Gasteiger charge is -2.25. The maximum atomic E-state index is 12.2. The topological polar surface area (TPSA) is 100 Å². The van der Waals surface area contributed by atoms with E-state index < -0.39 is 11.9 Å². The van der Waals surface area contributed by atoms with Crippen LogP contribution in [0.1, 0.15) is 37.0 Å². The molecule has 1 aromatic carbocycles. The van der Waals surface area contributed by atoms with Gasteiger partial charge in [0.05, 0.1) is 50.5 Å². The van der Waals surface area contributed by atoms with E-state index in [0.29, 0.717) is 31.5 Å². The summed E-state index contributed by atoms with van der Waals surface area (Å²) in [5, 5.41) is 0.811. The van der Waals surface area contributed by atoms with Crippen LogP contribution in [0.15, 0.2) is 18.2 Å². The lowest BCUT2D eigenvalue weighted by molar-refractivity contribution is 0.0330. The number of carbonyl (C=O) groups excluding carboxylic acids is 2. The Balaban J connectivity index is 1.76. The number of nitrogens with zero attached hydrogens (tertiary/aromatic N) is 3. The lowest BCUT2D eigenvalue weighted by atomic mass is 10.1. The van der Waals surface area contributed by atoms with Crippen molar-refractivity contribution in [2.24, 2.45) is 0 Å². The van der Waals surface area contributed by atoms with Crippen LogP contribution in [-0.4, -0.2) is 67.3 Å². The molecule has 0 unspecified atom stereocenters. The Morgan fingerprint density at radius 2 is 1.67 bits per heavy atom. The van der Waals surface area contributed by atoms with Crippen LogP contribution in [0.3, 0.4) is 0 Å². The zero-order valence-electron chi connectivity index (χ0n) is 19.0. The summed E-state index contributed by atoms with van der Waals surface area (Å²) in [5.41, 5.74) is 1.38. The SMILES string of the molecule is COC(=O)c1cc(Oc2nc(CN3CCOCC3)nc3sc(C)c(C)c23)cc(C(=O)OC)c1. The molecule has 4 rings (SSSR count). The number of esters is 2. The predicted octanol–water partition coefficient (Wildman–Crippen LogP) is 3.51. The zero-order chi connectivity index (χ0) is 23.5. The lowest BCUT2D eigenvalue weighted by Crippen LogP contribution is -2.36. The number of thiophene rings is 1. The Morgan fingerprint density at radius 1 is 1.03 bits per heavy atom. The first kappa shape index (κ1) is 23.1. The van der Waals surface area contributed by atoms with Gasteiger partial charge in [-0.15, -0.1) is 11.3 Å². The first-order valence-corrected chi connectivity index (χ1v) is 11.3. The Kier molecular flexibility index (Phi) is 6.87. The van der Waals surface area contributed by atoms with Crippen LogP contribution in [0, 0.1) is 13.8 Å². The van der Waals surface area contributed by atoms with Gasteiger partial charge in [-0.25, -0.2) is 14.6 Å². The molecule has 0 amide bonds. The van der Waals surface area contributed by atoms with E-state index in [1.165, 1.54) is 32.4 Å². The summed E-state index contributed by atoms with van der Waals surface area (Å²) in [6.07, 6.45) is 0. The number of hydrogen-bond donors (Lipinski definition) is 0. The second-order valence-electron chi connectivity index (χ2n) is 7.63. The van der Waals surface area contributed by atoms with Crippen LogP contribution in [0.25, 0.3) is 10.2 Å². The van der Waals surface area contributed by atoms with Crippen molar-refractivity contribution in [3.05, 3.63) is 45.6 Å². The van der Waals surface area contributed by atoms with Crippen LogP contribution in [0.4, 0.5) is 0 Å². The fourth-order valence-corrected chi connectivity index (χ4v) is 4.64. The van der Waals surface area contributed by atoms with Crippen LogP contribution < -0.4 is 4.74 Å². The summed E-state index contributed by atoms with van der Waals surface area (Å²) in [4.78, 5) is 38.0. The smallest absolute Gasteiger partial charge is 0.338 e. The van der Waals surface area contributed by atoms with Crippen LogP contribution in [-0.2, 0) is 20.8 Å². The molecule has 1 saturated heterocycles. The summed E-state index contributed by atoms with van der Waals surface area (Å²) < 4.78 is 21.3. The van der Waals surface area contributed by atoms with Crippen molar-refractivity contribution in [3.8, 4) is 11.6 Å². The molecule has 0 radical (unpaired) electrons. The monoisotopic (exact) mass is 471 g/mol. The minimum absolute atomic E-state index is 0.174. The van der Waals surface area contributed by atoms with Crippen molar-refractivity contribution in [1.82, 2.24) is 14.9 Å². The van der Waals surface area contributed by atoms with E-state index in [1.807, 2.05) is 13.8 Å². The van der Waals surface area contributed by atoms with Crippen molar-refractivity contribution < 1.29 is 28.5 Å². The summed E-state index contributed by atoms with van der Waals surface area (Å²) in [6.45, 7) is 7.57. The Hall–Kier alpha value is -3.08. The molecule has 0 N–H and O–H groups in total. The molecule has 0 spiro atoms. The Labute approximate surface area is 195 Å². The average molecular weight is 472 g/mol. The fraction of sp³-hybridized carbons (Fsp3) is 0.391. The average Bonchev–Trinajstić information content (AvgIpc) is 3.11. The van der Waals surface area contributed by atoms with Crippen molar-refractivity contribution >= 4 is 33.5 Å². The number of aromatic nitrogens is 2. The molecule has 0 saturated carbocycles. The molecule has 3 heterocycles. The molecule has 9 nitrogen and oxygen atoms in total. The molecule has 174 valence electrons. The van der Waals surface area contributed by atoms with Crippen LogP contribution in [0.5, 0.6) is 11.6 Å². The largest absolute Gasteiger partial charge is 0.465 e. The second kappa shape index (κ2) is 9.82. The molecular formula is C23H25N3O6S. The third-order valence-electron chi connectivity index (χ3n) is 5.47. The highest BCUT2D eigenvalue weighted by molar-refractivity contribution is 7.18. The molecule has 1 fully saturated rings. The standard InChI is InChI=1S/C23H25N3O6S/c1-13-14(2)33-21-19(13)20(24-18(25-21)12-26-5-7-31-8-6-26)32-17-10-15(22(27)29-3)9-16(11-17)23(28)30-4/h9-11H,5-8,12H2,1-4H3. The van der Waals surface area contributed by atoms with Gasteiger partial charge in [0.1, 0.15) is 16.4 Å². The van der Waals surface area contributed by atoms with E-state index in [0.717, 1.165) is 33.7 Å². The zero-order valence-corrected chi connectivity index (χ0v) is 19.8. The maximum absolute atomic E-state index is 12.2. The normalized spacial score (nSPS) is 14.3. The number of aryl methyl sites for hydroxylation is 2. The van der Waals surface area contributed by atoms with Gasteiger partial charge in [-0.1, -0.05) is 0 Å². The van der Waals surface area contributed by atoms with Gasteiger partial charge < -0.3 is 18.9 Å². The van der Waals surface area contributed by atoms with Gasteiger partial charge in [0.2, 0.25) is 5.88 Å². The molecule has 1 aliphatic rings. The number of methoxy groups -OCH3 is 2. The number of carbonyl (C=O) groups is 2. The van der Waals surface area contributed by atoms with Crippen LogP contribution >= 0.6 is 11.3 Å². The second-order valence-corrected chi connectivity index (χ2v) is 8.83. The summed E-state index contributed by atoms with van der Waals surface area (Å²) in [7, 11) is 2.55. The molecule has 10 heteroatoms. The van der Waals surface area contributed by atoms with Crippen molar-refractivity contribution in [2.75, 3.05) is 40.5 Å². The molecular weight excluding hydrogens is 446 g/mol. The number of ether oxygens (including phenoxy) is 4. The minimum atomic E-state index is -0.589. The Morgan fingerprint density at radius 3 is 2.27 bits per heavy atom. The van der Waals surface area contributed by atoms with Crippen molar-refractivity contribution in [2.45, 2.75) is 20.4 Å². The van der Waals surface area contributed by atoms with Gasteiger partial charge in [0.25, 0.3) is 0 Å². The number of morpholine rings is 1. The third kappa shape index (κ3) is 4.97. The van der Waals surface area contributed by atoms with E-state index in [9.17, 15) is 9.59 Å². The summed E-state index contributed by atoms with van der Waals surface area (Å²) in [6, 6.07) is 4.44. The quantitative estimate of drug-likeness (QED) is 0.500. The van der Waals surface area contributed by atoms with E-state index in [1.54, 1.807) is 11.3 Å². The van der Waals surface area contributed by atoms with E-state index in [2.05, 4.69) is 4.90 Å². The first-order valence-electron chi connectivity index (χ1n) is 10.5. The van der Waals surface area contributed by atoms with E-state index >= 15 is 0 Å². The maximum Gasteiger partial charge on any atom is 0.338 e. The van der Waals surface area contributed by atoms with E-state index in [4.69, 9.17) is 28.9 Å². The highest BCUT2D eigenvalue weighted by Crippen LogP contribution is 2.37. The number of rotatable bonds is 6. The van der Waals surface area contributed by atoms with Crippen LogP contribution in [0.2, 0.25) is 0 Å². The van der Waals surface area contributed by atoms with Crippen molar-refractivity contribution in [3.63, 3.8) is 0 Å². The molecule has 1 aliphatic heterocycles. The predicted molar refractivity (Wildman–Crippen MR) is 122 cm³/mol. The molecule has 0 aliphatic carbocycles. The third-order valence-corrected chi connectivity index (χ3v) is 6.57. The molecule has 33 heavy (non-hydrogen) atoms. The minimum Gasteiger partial charge on any atom is -0.465 e. The van der Waals surface area contributed by atoms with Gasteiger partial charge in [-0.2, -0.15) is 4.98 Å². The molecule has 2 aromatic heterocycles. The van der Waals surface area contributed by atoms with E-state index in [-0.39, 0.29) is 16.9 Å².